The van der Waals surface area contributed by atoms with Crippen LogP contribution in [0, 0.1) is 28.5 Å². The molecule has 4 heteroatoms. The Labute approximate surface area is 172 Å². The molecule has 6 rings (SSSR count). The van der Waals surface area contributed by atoms with Gasteiger partial charge in [-0.1, -0.05) is 25.5 Å². The molecule has 3 nitrogen and oxygen atoms in total. The highest BCUT2D eigenvalue weighted by Crippen LogP contribution is 2.84. The minimum absolute atomic E-state index is 0.0600. The maximum absolute atomic E-state index is 14.1. The van der Waals surface area contributed by atoms with E-state index in [0.717, 1.165) is 55.6 Å². The van der Waals surface area contributed by atoms with Gasteiger partial charge in [-0.25, -0.2) is 4.39 Å². The van der Waals surface area contributed by atoms with Gasteiger partial charge in [0.05, 0.1) is 0 Å². The first-order valence-electron chi connectivity index (χ1n) is 11.3. The van der Waals surface area contributed by atoms with Crippen LogP contribution >= 0.6 is 0 Å². The number of carbonyl (C=O) groups excluding carboxylic acids is 1. The van der Waals surface area contributed by atoms with Crippen LogP contribution in [0.25, 0.3) is 0 Å². The highest BCUT2D eigenvalue weighted by molar-refractivity contribution is 5.94. The molecule has 29 heavy (non-hydrogen) atoms. The highest BCUT2D eigenvalue weighted by Gasteiger charge is 2.78. The molecule has 5 aliphatic rings. The number of fused-ring (bicyclic) bond motifs is 2. The van der Waals surface area contributed by atoms with E-state index in [2.05, 4.69) is 24.8 Å². The van der Waals surface area contributed by atoms with Crippen molar-refractivity contribution >= 4 is 11.6 Å². The number of allylic oxidation sites excluding steroid dienone is 1. The second kappa shape index (κ2) is 5.51. The number of hydrogen-bond acceptors (Lipinski definition) is 2. The third-order valence-corrected chi connectivity index (χ3v) is 9.33. The summed E-state index contributed by atoms with van der Waals surface area (Å²) in [6.07, 6.45) is 7.31. The molecule has 3 aliphatic carbocycles. The fourth-order valence-electron chi connectivity index (χ4n) is 8.02. The van der Waals surface area contributed by atoms with E-state index in [0.29, 0.717) is 17.4 Å². The van der Waals surface area contributed by atoms with Crippen molar-refractivity contribution in [2.75, 3.05) is 31.1 Å². The number of carbonyl (C=O) groups is 1. The SMILES string of the molecule is CC(=O)N1CC2(CCN(CC3=CCC45CC4C(C)(C)[C@H]35)CC2)c2cc(F)ccc21. The highest BCUT2D eigenvalue weighted by atomic mass is 19.1. The van der Waals surface area contributed by atoms with Crippen molar-refractivity contribution in [2.24, 2.45) is 22.7 Å². The molecule has 0 aromatic heterocycles. The summed E-state index contributed by atoms with van der Waals surface area (Å²) >= 11 is 0. The Hall–Kier alpha value is -1.68. The molecule has 3 atom stereocenters. The van der Waals surface area contributed by atoms with Gasteiger partial charge in [-0.2, -0.15) is 0 Å². The molecular formula is C25H31FN2O. The summed E-state index contributed by atoms with van der Waals surface area (Å²) in [6, 6.07) is 4.96. The van der Waals surface area contributed by atoms with Crippen LogP contribution in [0.5, 0.6) is 0 Å². The largest absolute Gasteiger partial charge is 0.311 e. The summed E-state index contributed by atoms with van der Waals surface area (Å²) in [5.41, 5.74) is 4.71. The van der Waals surface area contributed by atoms with E-state index in [4.69, 9.17) is 0 Å². The van der Waals surface area contributed by atoms with Crippen molar-refractivity contribution in [3.8, 4) is 0 Å². The molecule has 0 N–H and O–H groups in total. The van der Waals surface area contributed by atoms with Crippen LogP contribution < -0.4 is 4.90 Å². The van der Waals surface area contributed by atoms with Crippen molar-refractivity contribution < 1.29 is 9.18 Å². The second-order valence-electron chi connectivity index (χ2n) is 11.1. The Bertz CT molecular complexity index is 942. The van der Waals surface area contributed by atoms with E-state index < -0.39 is 0 Å². The van der Waals surface area contributed by atoms with Gasteiger partial charge in [-0.05, 0) is 85.2 Å². The van der Waals surface area contributed by atoms with Crippen LogP contribution in [0.2, 0.25) is 0 Å². The average Bonchev–Trinajstić information content (AvgIpc) is 3.10. The van der Waals surface area contributed by atoms with Crippen molar-refractivity contribution in [1.82, 2.24) is 4.90 Å². The van der Waals surface area contributed by atoms with Crippen LogP contribution in [-0.4, -0.2) is 37.0 Å². The van der Waals surface area contributed by atoms with Crippen molar-refractivity contribution in [3.05, 3.63) is 41.2 Å². The van der Waals surface area contributed by atoms with Crippen LogP contribution in [0.1, 0.15) is 52.0 Å². The zero-order valence-corrected chi connectivity index (χ0v) is 17.8. The summed E-state index contributed by atoms with van der Waals surface area (Å²) in [5.74, 6) is 1.62. The summed E-state index contributed by atoms with van der Waals surface area (Å²) in [7, 11) is 0. The van der Waals surface area contributed by atoms with Crippen molar-refractivity contribution in [1.29, 1.82) is 0 Å². The lowest BCUT2D eigenvalue weighted by Crippen LogP contribution is -2.49. The van der Waals surface area contributed by atoms with Gasteiger partial charge in [0.2, 0.25) is 5.91 Å². The maximum Gasteiger partial charge on any atom is 0.223 e. The predicted molar refractivity (Wildman–Crippen MR) is 112 cm³/mol. The van der Waals surface area contributed by atoms with Gasteiger partial charge < -0.3 is 4.90 Å². The summed E-state index contributed by atoms with van der Waals surface area (Å²) in [6.45, 7) is 10.4. The zero-order valence-electron chi connectivity index (χ0n) is 17.8. The van der Waals surface area contributed by atoms with E-state index >= 15 is 0 Å². The molecule has 154 valence electrons. The molecule has 0 radical (unpaired) electrons. The van der Waals surface area contributed by atoms with Gasteiger partial charge in [-0.15, -0.1) is 0 Å². The topological polar surface area (TPSA) is 23.6 Å². The number of likely N-dealkylation sites (tertiary alicyclic amines) is 1. The first kappa shape index (κ1) is 18.1. The Morgan fingerprint density at radius 3 is 2.69 bits per heavy atom. The molecule has 3 fully saturated rings. The monoisotopic (exact) mass is 394 g/mol. The number of anilines is 1. The lowest BCUT2D eigenvalue weighted by atomic mass is 9.55. The van der Waals surface area contributed by atoms with E-state index in [-0.39, 0.29) is 17.1 Å². The molecule has 1 amide bonds. The summed E-state index contributed by atoms with van der Waals surface area (Å²) in [4.78, 5) is 16.7. The Balaban J connectivity index is 1.19. The van der Waals surface area contributed by atoms with Gasteiger partial charge in [0, 0.05) is 31.1 Å². The van der Waals surface area contributed by atoms with Crippen LogP contribution in [0.15, 0.2) is 29.8 Å². The normalized spacial score (nSPS) is 35.6. The lowest BCUT2D eigenvalue weighted by molar-refractivity contribution is -0.116. The molecule has 0 bridgehead atoms. The second-order valence-corrected chi connectivity index (χ2v) is 11.1. The fourth-order valence-corrected chi connectivity index (χ4v) is 8.02. The minimum Gasteiger partial charge on any atom is -0.311 e. The molecular weight excluding hydrogens is 363 g/mol. The Kier molecular flexibility index (Phi) is 3.44. The van der Waals surface area contributed by atoms with Gasteiger partial charge in [0.15, 0.2) is 0 Å². The Morgan fingerprint density at radius 1 is 1.24 bits per heavy atom. The first-order chi connectivity index (χ1) is 13.8. The number of benzene rings is 1. The molecule has 2 spiro atoms. The molecule has 2 saturated carbocycles. The summed E-state index contributed by atoms with van der Waals surface area (Å²) < 4.78 is 14.1. The third-order valence-electron chi connectivity index (χ3n) is 9.33. The quantitative estimate of drug-likeness (QED) is 0.689. The van der Waals surface area contributed by atoms with Gasteiger partial charge in [-0.3, -0.25) is 9.69 Å². The smallest absolute Gasteiger partial charge is 0.223 e. The fraction of sp³-hybridized carbons (Fsp3) is 0.640. The van der Waals surface area contributed by atoms with E-state index in [1.807, 2.05) is 4.90 Å². The van der Waals surface area contributed by atoms with E-state index in [9.17, 15) is 9.18 Å². The van der Waals surface area contributed by atoms with Gasteiger partial charge in [0.25, 0.3) is 0 Å². The molecule has 2 aliphatic heterocycles. The number of piperidine rings is 1. The van der Waals surface area contributed by atoms with Crippen molar-refractivity contribution in [3.63, 3.8) is 0 Å². The number of halogens is 1. The lowest BCUT2D eigenvalue weighted by Gasteiger charge is -2.50. The van der Waals surface area contributed by atoms with Crippen molar-refractivity contribution in [2.45, 2.75) is 51.9 Å². The Morgan fingerprint density at radius 2 is 2.00 bits per heavy atom. The van der Waals surface area contributed by atoms with Gasteiger partial charge >= 0.3 is 0 Å². The van der Waals surface area contributed by atoms with Crippen LogP contribution in [0.4, 0.5) is 10.1 Å². The zero-order chi connectivity index (χ0) is 20.2. The minimum atomic E-state index is -0.191. The average molecular weight is 395 g/mol. The molecule has 1 aromatic rings. The van der Waals surface area contributed by atoms with Crippen LogP contribution in [0.3, 0.4) is 0 Å². The standard InChI is InChI=1S/C25H31FN2O/c1-16(29)28-15-24(19-12-18(26)4-5-20(19)28)8-10-27(11-9-24)14-17-6-7-25-13-21(25)23(2,3)22(17)25/h4-6,12,21-22H,7-11,13-15H2,1-3H3/t21?,22-,25?/m0/s1. The maximum atomic E-state index is 14.1. The van der Waals surface area contributed by atoms with E-state index in [1.165, 1.54) is 18.9 Å². The number of amides is 1. The first-order valence-corrected chi connectivity index (χ1v) is 11.3. The van der Waals surface area contributed by atoms with Crippen LogP contribution in [-0.2, 0) is 10.2 Å². The number of nitrogens with zero attached hydrogens (tertiary/aromatic N) is 2. The number of hydrogen-bond donors (Lipinski definition) is 0. The summed E-state index contributed by atoms with van der Waals surface area (Å²) in [5, 5.41) is 0. The third kappa shape index (κ3) is 2.24. The number of rotatable bonds is 2. The van der Waals surface area contributed by atoms with Gasteiger partial charge in [0.1, 0.15) is 5.82 Å². The molecule has 2 unspecified atom stereocenters. The van der Waals surface area contributed by atoms with E-state index in [1.54, 1.807) is 24.6 Å². The molecule has 2 heterocycles. The predicted octanol–water partition coefficient (Wildman–Crippen LogP) is 4.52. The molecule has 1 aromatic carbocycles. The molecule has 1 saturated heterocycles.